The Labute approximate surface area is 119 Å². The summed E-state index contributed by atoms with van der Waals surface area (Å²) < 4.78 is 6.22. The average Bonchev–Trinajstić information content (AvgIpc) is 2.96. The number of hydrogen-bond donors (Lipinski definition) is 1. The molecule has 1 aromatic carbocycles. The topological polar surface area (TPSA) is 107 Å². The van der Waals surface area contributed by atoms with Crippen LogP contribution in [-0.4, -0.2) is 32.4 Å². The lowest BCUT2D eigenvalue weighted by Crippen LogP contribution is -2.04. The van der Waals surface area contributed by atoms with E-state index in [1.807, 2.05) is 0 Å². The van der Waals surface area contributed by atoms with Crippen molar-refractivity contribution in [3.63, 3.8) is 0 Å². The van der Waals surface area contributed by atoms with Crippen LogP contribution in [0.25, 0.3) is 5.69 Å². The first-order chi connectivity index (χ1) is 10.1. The van der Waals surface area contributed by atoms with Crippen molar-refractivity contribution in [1.29, 1.82) is 0 Å². The normalized spacial score (nSPS) is 10.4. The fraction of sp³-hybridized carbons (Fsp3) is 0.231. The number of aliphatic hydroxyl groups excluding tert-OH is 1. The van der Waals surface area contributed by atoms with Crippen molar-refractivity contribution in [2.45, 2.75) is 13.5 Å². The Morgan fingerprint density at radius 1 is 1.52 bits per heavy atom. The molecule has 0 aliphatic heterocycles. The van der Waals surface area contributed by atoms with Gasteiger partial charge in [-0.15, -0.1) is 0 Å². The second-order valence-electron chi connectivity index (χ2n) is 4.12. The SMILES string of the molecule is CCOC(=O)c1cnn(-c2ccc([N+](=O)[O-])cc2CO)c1. The van der Waals surface area contributed by atoms with Crippen molar-refractivity contribution in [2.24, 2.45) is 0 Å². The standard InChI is InChI=1S/C13H13N3O5/c1-2-21-13(18)10-6-14-15(7-10)12-4-3-11(16(19)20)5-9(12)8-17/h3-7,17H,2,8H2,1H3. The lowest BCUT2D eigenvalue weighted by atomic mass is 10.1. The average molecular weight is 291 g/mol. The van der Waals surface area contributed by atoms with Crippen LogP contribution in [0.1, 0.15) is 22.8 Å². The summed E-state index contributed by atoms with van der Waals surface area (Å²) in [6.45, 7) is 1.57. The summed E-state index contributed by atoms with van der Waals surface area (Å²) in [5.41, 5.74) is 0.932. The fourth-order valence-electron chi connectivity index (χ4n) is 1.81. The molecule has 8 nitrogen and oxygen atoms in total. The zero-order chi connectivity index (χ0) is 15.4. The summed E-state index contributed by atoms with van der Waals surface area (Å²) in [4.78, 5) is 21.7. The number of rotatable bonds is 5. The number of aliphatic hydroxyl groups is 1. The van der Waals surface area contributed by atoms with Gasteiger partial charge in [-0.3, -0.25) is 10.1 Å². The molecule has 0 fully saturated rings. The molecule has 1 N–H and O–H groups in total. The summed E-state index contributed by atoms with van der Waals surface area (Å²) in [6, 6.07) is 4.03. The van der Waals surface area contributed by atoms with Crippen LogP contribution in [0.3, 0.4) is 0 Å². The van der Waals surface area contributed by atoms with Crippen molar-refractivity contribution in [2.75, 3.05) is 6.61 Å². The smallest absolute Gasteiger partial charge is 0.341 e. The van der Waals surface area contributed by atoms with Crippen LogP contribution in [-0.2, 0) is 11.3 Å². The number of non-ortho nitro benzene ring substituents is 1. The van der Waals surface area contributed by atoms with E-state index in [1.54, 1.807) is 6.92 Å². The van der Waals surface area contributed by atoms with Crippen molar-refractivity contribution >= 4 is 11.7 Å². The third kappa shape index (κ3) is 3.06. The molecule has 110 valence electrons. The lowest BCUT2D eigenvalue weighted by molar-refractivity contribution is -0.384. The molecule has 0 saturated heterocycles. The van der Waals surface area contributed by atoms with Crippen molar-refractivity contribution in [3.8, 4) is 5.69 Å². The second kappa shape index (κ2) is 6.14. The molecule has 1 heterocycles. The Morgan fingerprint density at radius 2 is 2.29 bits per heavy atom. The molecular formula is C13H13N3O5. The van der Waals surface area contributed by atoms with Crippen LogP contribution in [0.5, 0.6) is 0 Å². The number of nitro groups is 1. The van der Waals surface area contributed by atoms with Gasteiger partial charge in [-0.2, -0.15) is 5.10 Å². The maximum absolute atomic E-state index is 11.6. The number of hydrogen-bond acceptors (Lipinski definition) is 6. The van der Waals surface area contributed by atoms with Crippen molar-refractivity contribution in [3.05, 3.63) is 51.8 Å². The van der Waals surface area contributed by atoms with E-state index in [0.717, 1.165) is 0 Å². The minimum absolute atomic E-state index is 0.124. The van der Waals surface area contributed by atoms with E-state index in [-0.39, 0.29) is 24.5 Å². The molecular weight excluding hydrogens is 278 g/mol. The summed E-state index contributed by atoms with van der Waals surface area (Å²) >= 11 is 0. The molecule has 2 aromatic rings. The number of ether oxygens (including phenoxy) is 1. The van der Waals surface area contributed by atoms with Gasteiger partial charge in [-0.25, -0.2) is 9.48 Å². The van der Waals surface area contributed by atoms with E-state index in [1.165, 1.54) is 35.3 Å². The third-order valence-electron chi connectivity index (χ3n) is 2.78. The first kappa shape index (κ1) is 14.7. The molecule has 0 spiro atoms. The number of nitrogens with zero attached hydrogens (tertiary/aromatic N) is 3. The number of carbonyl (C=O) groups is 1. The molecule has 0 atom stereocenters. The highest BCUT2D eigenvalue weighted by Crippen LogP contribution is 2.21. The van der Waals surface area contributed by atoms with Gasteiger partial charge in [0.1, 0.15) is 0 Å². The lowest BCUT2D eigenvalue weighted by Gasteiger charge is -2.07. The van der Waals surface area contributed by atoms with Gasteiger partial charge in [0.05, 0.1) is 35.6 Å². The van der Waals surface area contributed by atoms with E-state index in [9.17, 15) is 20.0 Å². The van der Waals surface area contributed by atoms with Crippen molar-refractivity contribution in [1.82, 2.24) is 9.78 Å². The molecule has 0 saturated carbocycles. The molecule has 0 radical (unpaired) electrons. The van der Waals surface area contributed by atoms with Gasteiger partial charge in [0, 0.05) is 23.9 Å². The quantitative estimate of drug-likeness (QED) is 0.507. The molecule has 0 aliphatic rings. The highest BCUT2D eigenvalue weighted by molar-refractivity contribution is 5.88. The Morgan fingerprint density at radius 3 is 2.90 bits per heavy atom. The Kier molecular flexibility index (Phi) is 4.29. The van der Waals surface area contributed by atoms with Crippen LogP contribution in [0.15, 0.2) is 30.6 Å². The predicted octanol–water partition coefficient (Wildman–Crippen LogP) is 1.45. The van der Waals surface area contributed by atoms with E-state index in [0.29, 0.717) is 11.3 Å². The van der Waals surface area contributed by atoms with Gasteiger partial charge in [0.15, 0.2) is 0 Å². The molecule has 8 heteroatoms. The van der Waals surface area contributed by atoms with Crippen molar-refractivity contribution < 1.29 is 19.6 Å². The number of nitro benzene ring substituents is 1. The minimum Gasteiger partial charge on any atom is -0.462 e. The zero-order valence-corrected chi connectivity index (χ0v) is 11.2. The highest BCUT2D eigenvalue weighted by Gasteiger charge is 2.14. The van der Waals surface area contributed by atoms with Gasteiger partial charge in [0.25, 0.3) is 5.69 Å². The summed E-state index contributed by atoms with van der Waals surface area (Å²) in [6.07, 6.45) is 2.78. The monoisotopic (exact) mass is 291 g/mol. The number of esters is 1. The molecule has 0 amide bonds. The largest absolute Gasteiger partial charge is 0.462 e. The Hall–Kier alpha value is -2.74. The van der Waals surface area contributed by atoms with Crippen LogP contribution in [0, 0.1) is 10.1 Å². The maximum atomic E-state index is 11.6. The maximum Gasteiger partial charge on any atom is 0.341 e. The third-order valence-corrected chi connectivity index (χ3v) is 2.78. The summed E-state index contributed by atoms with van der Waals surface area (Å²) in [5, 5.41) is 24.1. The first-order valence-electron chi connectivity index (χ1n) is 6.17. The van der Waals surface area contributed by atoms with E-state index in [2.05, 4.69) is 5.10 Å². The van der Waals surface area contributed by atoms with E-state index >= 15 is 0 Å². The zero-order valence-electron chi connectivity index (χ0n) is 11.2. The van der Waals surface area contributed by atoms with Crippen LogP contribution in [0.4, 0.5) is 5.69 Å². The molecule has 21 heavy (non-hydrogen) atoms. The van der Waals surface area contributed by atoms with Crippen LogP contribution < -0.4 is 0 Å². The summed E-state index contributed by atoms with van der Waals surface area (Å²) in [7, 11) is 0. The fourth-order valence-corrected chi connectivity index (χ4v) is 1.81. The van der Waals surface area contributed by atoms with Gasteiger partial charge in [0.2, 0.25) is 0 Å². The van der Waals surface area contributed by atoms with E-state index in [4.69, 9.17) is 4.74 Å². The van der Waals surface area contributed by atoms with Crippen LogP contribution >= 0.6 is 0 Å². The Balaban J connectivity index is 2.38. The molecule has 1 aromatic heterocycles. The van der Waals surface area contributed by atoms with Crippen LogP contribution in [0.2, 0.25) is 0 Å². The summed E-state index contributed by atoms with van der Waals surface area (Å²) in [5.74, 6) is -0.504. The first-order valence-corrected chi connectivity index (χ1v) is 6.17. The molecule has 0 unspecified atom stereocenters. The predicted molar refractivity (Wildman–Crippen MR) is 72.1 cm³/mol. The van der Waals surface area contributed by atoms with Gasteiger partial charge < -0.3 is 9.84 Å². The van der Waals surface area contributed by atoms with Gasteiger partial charge in [-0.1, -0.05) is 0 Å². The number of carbonyl (C=O) groups excluding carboxylic acids is 1. The number of benzene rings is 1. The molecule has 0 aliphatic carbocycles. The molecule has 2 rings (SSSR count). The highest BCUT2D eigenvalue weighted by atomic mass is 16.6. The second-order valence-corrected chi connectivity index (χ2v) is 4.12. The Bertz CT molecular complexity index is 680. The van der Waals surface area contributed by atoms with E-state index < -0.39 is 10.9 Å². The van der Waals surface area contributed by atoms with Gasteiger partial charge >= 0.3 is 5.97 Å². The number of aromatic nitrogens is 2. The molecule has 0 bridgehead atoms. The van der Waals surface area contributed by atoms with Gasteiger partial charge in [-0.05, 0) is 13.0 Å². The minimum atomic E-state index is -0.546.